The van der Waals surface area contributed by atoms with Crippen LogP contribution in [0.1, 0.15) is 11.6 Å². The third-order valence-corrected chi connectivity index (χ3v) is 2.29. The van der Waals surface area contributed by atoms with E-state index in [-0.39, 0.29) is 6.04 Å². The van der Waals surface area contributed by atoms with Gasteiger partial charge in [0.2, 0.25) is 0 Å². The number of aliphatic hydroxyl groups excluding tert-OH is 1. The van der Waals surface area contributed by atoms with E-state index < -0.39 is 6.10 Å². The van der Waals surface area contributed by atoms with Crippen molar-refractivity contribution in [3.8, 4) is 0 Å². The molecule has 2 N–H and O–H groups in total. The van der Waals surface area contributed by atoms with Gasteiger partial charge in [-0.2, -0.15) is 0 Å². The quantitative estimate of drug-likeness (QED) is 0.629. The first-order chi connectivity index (χ1) is 6.38. The summed E-state index contributed by atoms with van der Waals surface area (Å²) >= 11 is 0. The van der Waals surface area contributed by atoms with Crippen LogP contribution in [0, 0.1) is 0 Å². The molecule has 0 saturated carbocycles. The molecule has 0 saturated heterocycles. The Hall–Kier alpha value is -1.12. The lowest BCUT2D eigenvalue weighted by molar-refractivity contribution is 0.168. The number of nitrogens with one attached hydrogen (secondary N) is 1. The van der Waals surface area contributed by atoms with Gasteiger partial charge in [0.1, 0.15) is 0 Å². The average molecular weight is 175 g/mol. The van der Waals surface area contributed by atoms with Gasteiger partial charge in [-0.25, -0.2) is 0 Å². The van der Waals surface area contributed by atoms with Crippen molar-refractivity contribution in [3.05, 3.63) is 48.0 Å². The second-order valence-electron chi connectivity index (χ2n) is 3.22. The van der Waals surface area contributed by atoms with Gasteiger partial charge in [-0.15, -0.1) is 0 Å². The Kier molecular flexibility index (Phi) is 2.43. The maximum Gasteiger partial charge on any atom is 0.0916 e. The molecular weight excluding hydrogens is 162 g/mol. The zero-order chi connectivity index (χ0) is 9.10. The molecule has 1 aromatic carbocycles. The van der Waals surface area contributed by atoms with Gasteiger partial charge in [-0.05, 0) is 5.56 Å². The second-order valence-corrected chi connectivity index (χ2v) is 3.22. The Morgan fingerprint density at radius 3 is 2.69 bits per heavy atom. The molecule has 0 spiro atoms. The summed E-state index contributed by atoms with van der Waals surface area (Å²) in [7, 11) is 0. The van der Waals surface area contributed by atoms with Crippen LogP contribution < -0.4 is 5.32 Å². The van der Waals surface area contributed by atoms with E-state index in [1.165, 1.54) is 0 Å². The Morgan fingerprint density at radius 1 is 1.23 bits per heavy atom. The Morgan fingerprint density at radius 2 is 2.00 bits per heavy atom. The number of benzene rings is 1. The van der Waals surface area contributed by atoms with Crippen LogP contribution in [-0.4, -0.2) is 17.8 Å². The van der Waals surface area contributed by atoms with Gasteiger partial charge in [0.25, 0.3) is 0 Å². The minimum Gasteiger partial charge on any atom is -0.387 e. The van der Waals surface area contributed by atoms with Crippen LogP contribution in [0.15, 0.2) is 42.5 Å². The van der Waals surface area contributed by atoms with Crippen molar-refractivity contribution in [2.24, 2.45) is 0 Å². The van der Waals surface area contributed by atoms with Gasteiger partial charge < -0.3 is 10.4 Å². The fourth-order valence-electron chi connectivity index (χ4n) is 1.61. The summed E-state index contributed by atoms with van der Waals surface area (Å²) in [5.41, 5.74) is 1.14. The fourth-order valence-corrected chi connectivity index (χ4v) is 1.61. The molecule has 1 aliphatic rings. The molecular formula is C11H13NO. The van der Waals surface area contributed by atoms with Crippen molar-refractivity contribution in [1.29, 1.82) is 0 Å². The highest BCUT2D eigenvalue weighted by atomic mass is 16.3. The lowest BCUT2D eigenvalue weighted by Gasteiger charge is -2.25. The molecule has 2 atom stereocenters. The minimum atomic E-state index is -0.406. The highest BCUT2D eigenvalue weighted by molar-refractivity contribution is 5.23. The fraction of sp³-hybridized carbons (Fsp3) is 0.273. The molecule has 1 heterocycles. The lowest BCUT2D eigenvalue weighted by atomic mass is 9.99. The van der Waals surface area contributed by atoms with E-state index in [1.54, 1.807) is 0 Å². The van der Waals surface area contributed by atoms with Crippen LogP contribution in [0.5, 0.6) is 0 Å². The Balaban J connectivity index is 2.22. The van der Waals surface area contributed by atoms with Crippen molar-refractivity contribution in [2.45, 2.75) is 12.1 Å². The van der Waals surface area contributed by atoms with Gasteiger partial charge in [0, 0.05) is 6.54 Å². The van der Waals surface area contributed by atoms with E-state index in [2.05, 4.69) is 5.32 Å². The SMILES string of the molecule is O[C@H]1C=CCN[C@@H]1c1ccccc1. The molecule has 2 nitrogen and oxygen atoms in total. The smallest absolute Gasteiger partial charge is 0.0916 e. The molecule has 0 bridgehead atoms. The van der Waals surface area contributed by atoms with Crippen LogP contribution in [-0.2, 0) is 0 Å². The summed E-state index contributed by atoms with van der Waals surface area (Å²) in [5.74, 6) is 0. The topological polar surface area (TPSA) is 32.3 Å². The summed E-state index contributed by atoms with van der Waals surface area (Å²) in [6, 6.07) is 10.1. The zero-order valence-electron chi connectivity index (χ0n) is 7.35. The predicted octanol–water partition coefficient (Wildman–Crippen LogP) is 1.25. The van der Waals surface area contributed by atoms with Gasteiger partial charge in [0.05, 0.1) is 12.1 Å². The average Bonchev–Trinajstić information content (AvgIpc) is 2.20. The molecule has 0 aromatic heterocycles. The van der Waals surface area contributed by atoms with Crippen molar-refractivity contribution >= 4 is 0 Å². The maximum absolute atomic E-state index is 9.67. The minimum absolute atomic E-state index is 0.0474. The molecule has 68 valence electrons. The molecule has 1 aliphatic heterocycles. The number of hydrogen-bond acceptors (Lipinski definition) is 2. The summed E-state index contributed by atoms with van der Waals surface area (Å²) in [4.78, 5) is 0. The van der Waals surface area contributed by atoms with E-state index in [0.717, 1.165) is 12.1 Å². The van der Waals surface area contributed by atoms with Gasteiger partial charge in [-0.1, -0.05) is 42.5 Å². The van der Waals surface area contributed by atoms with E-state index in [9.17, 15) is 5.11 Å². The summed E-state index contributed by atoms with van der Waals surface area (Å²) in [6.07, 6.45) is 3.38. The first-order valence-electron chi connectivity index (χ1n) is 4.51. The molecule has 0 aliphatic carbocycles. The van der Waals surface area contributed by atoms with Gasteiger partial charge in [0.15, 0.2) is 0 Å². The molecule has 0 amide bonds. The number of rotatable bonds is 1. The Bertz CT molecular complexity index is 294. The first-order valence-corrected chi connectivity index (χ1v) is 4.51. The largest absolute Gasteiger partial charge is 0.387 e. The van der Waals surface area contributed by atoms with E-state index in [0.29, 0.717) is 0 Å². The summed E-state index contributed by atoms with van der Waals surface area (Å²) in [6.45, 7) is 0.830. The third-order valence-electron chi connectivity index (χ3n) is 2.29. The maximum atomic E-state index is 9.67. The number of aliphatic hydroxyl groups is 1. The molecule has 2 heteroatoms. The molecule has 0 radical (unpaired) electrons. The van der Waals surface area contributed by atoms with Crippen molar-refractivity contribution in [3.63, 3.8) is 0 Å². The Labute approximate surface area is 77.9 Å². The molecule has 1 aromatic rings. The van der Waals surface area contributed by atoms with Crippen LogP contribution in [0.3, 0.4) is 0 Å². The molecule has 2 rings (SSSR count). The van der Waals surface area contributed by atoms with E-state index >= 15 is 0 Å². The van der Waals surface area contributed by atoms with E-state index in [4.69, 9.17) is 0 Å². The third kappa shape index (κ3) is 1.79. The van der Waals surface area contributed by atoms with Gasteiger partial charge >= 0.3 is 0 Å². The standard InChI is InChI=1S/C11H13NO/c13-10-7-4-8-12-11(10)9-5-2-1-3-6-9/h1-7,10-13H,8H2/t10-,11+/m0/s1. The van der Waals surface area contributed by atoms with Crippen LogP contribution in [0.2, 0.25) is 0 Å². The van der Waals surface area contributed by atoms with Crippen molar-refractivity contribution in [2.75, 3.05) is 6.54 Å². The lowest BCUT2D eigenvalue weighted by Crippen LogP contribution is -2.34. The van der Waals surface area contributed by atoms with Crippen LogP contribution in [0.25, 0.3) is 0 Å². The zero-order valence-corrected chi connectivity index (χ0v) is 7.35. The molecule has 0 unspecified atom stereocenters. The number of hydrogen-bond donors (Lipinski definition) is 2. The van der Waals surface area contributed by atoms with Crippen molar-refractivity contribution in [1.82, 2.24) is 5.32 Å². The monoisotopic (exact) mass is 175 g/mol. The summed E-state index contributed by atoms with van der Waals surface area (Å²) < 4.78 is 0. The van der Waals surface area contributed by atoms with E-state index in [1.807, 2.05) is 42.5 Å². The molecule has 0 fully saturated rings. The highest BCUT2D eigenvalue weighted by Gasteiger charge is 2.19. The predicted molar refractivity (Wildman–Crippen MR) is 52.3 cm³/mol. The van der Waals surface area contributed by atoms with Crippen LogP contribution >= 0.6 is 0 Å². The summed E-state index contributed by atoms with van der Waals surface area (Å²) in [5, 5.41) is 12.9. The molecule has 13 heavy (non-hydrogen) atoms. The second kappa shape index (κ2) is 3.73. The highest BCUT2D eigenvalue weighted by Crippen LogP contribution is 2.19. The first kappa shape index (κ1) is 8.48. The normalized spacial score (nSPS) is 27.5. The van der Waals surface area contributed by atoms with Crippen LogP contribution in [0.4, 0.5) is 0 Å². The van der Waals surface area contributed by atoms with Gasteiger partial charge in [-0.3, -0.25) is 0 Å². The van der Waals surface area contributed by atoms with Crippen molar-refractivity contribution < 1.29 is 5.11 Å².